The molecule has 0 heterocycles. The molecular weight excluding hydrogens is 316 g/mol. The van der Waals surface area contributed by atoms with Crippen LogP contribution in [0, 0.1) is 11.6 Å². The van der Waals surface area contributed by atoms with Gasteiger partial charge in [-0.25, -0.2) is 13.6 Å². The normalized spacial score (nSPS) is 10.6. The monoisotopic (exact) mass is 329 g/mol. The number of rotatable bonds is 4. The molecule has 1 amide bonds. The minimum Gasteiger partial charge on any atom is -0.488 e. The third-order valence-corrected chi connectivity index (χ3v) is 3.40. The molecule has 4 nitrogen and oxygen atoms in total. The Balaban J connectivity index is 2.04. The van der Waals surface area contributed by atoms with Gasteiger partial charge >= 0.3 is 6.09 Å². The molecule has 0 spiro atoms. The van der Waals surface area contributed by atoms with E-state index in [1.807, 2.05) is 30.3 Å². The molecule has 0 aliphatic rings. The molecule has 0 aromatic heterocycles. The first-order chi connectivity index (χ1) is 11.5. The molecule has 3 rings (SSSR count). The lowest BCUT2D eigenvalue weighted by molar-refractivity contribution is 0.210. The van der Waals surface area contributed by atoms with Crippen molar-refractivity contribution in [2.45, 2.75) is 6.61 Å². The van der Waals surface area contributed by atoms with E-state index in [9.17, 15) is 13.6 Å². The number of ether oxygens (including phenoxy) is 2. The first-order valence-electron chi connectivity index (χ1n) is 7.10. The van der Waals surface area contributed by atoms with Crippen molar-refractivity contribution < 1.29 is 23.0 Å². The minimum atomic E-state index is -1.03. The predicted molar refractivity (Wildman–Crippen MR) is 84.8 cm³/mol. The van der Waals surface area contributed by atoms with Gasteiger partial charge in [0.25, 0.3) is 0 Å². The van der Waals surface area contributed by atoms with E-state index >= 15 is 0 Å². The van der Waals surface area contributed by atoms with Gasteiger partial charge in [0.15, 0.2) is 11.6 Å². The molecule has 0 aliphatic carbocycles. The highest BCUT2D eigenvalue weighted by atomic mass is 19.2. The van der Waals surface area contributed by atoms with Gasteiger partial charge in [0.05, 0.1) is 5.39 Å². The average Bonchev–Trinajstić information content (AvgIpc) is 2.56. The van der Waals surface area contributed by atoms with Crippen LogP contribution in [-0.4, -0.2) is 6.09 Å². The largest absolute Gasteiger partial charge is 0.488 e. The molecule has 0 aliphatic heterocycles. The smallest absolute Gasteiger partial charge is 0.409 e. The third kappa shape index (κ3) is 3.27. The Bertz CT molecular complexity index is 898. The minimum absolute atomic E-state index is 0.0252. The molecule has 0 fully saturated rings. The molecule has 6 heteroatoms. The molecule has 0 atom stereocenters. The predicted octanol–water partition coefficient (Wildman–Crippen LogP) is 4.15. The fraction of sp³-hybridized carbons (Fsp3) is 0.0556. The molecule has 3 aromatic carbocycles. The Morgan fingerprint density at radius 3 is 2.50 bits per heavy atom. The molecule has 0 saturated heterocycles. The van der Waals surface area contributed by atoms with Crippen LogP contribution in [0.5, 0.6) is 11.5 Å². The lowest BCUT2D eigenvalue weighted by atomic mass is 10.1. The zero-order valence-corrected chi connectivity index (χ0v) is 12.5. The Hall–Kier alpha value is -3.15. The number of halogens is 2. The topological polar surface area (TPSA) is 61.6 Å². The number of carbonyl (C=O) groups excluding carboxylic acids is 1. The highest BCUT2D eigenvalue weighted by molar-refractivity contribution is 5.91. The van der Waals surface area contributed by atoms with E-state index < -0.39 is 17.7 Å². The van der Waals surface area contributed by atoms with Gasteiger partial charge in [0.2, 0.25) is 0 Å². The van der Waals surface area contributed by atoms with Crippen LogP contribution in [0.15, 0.2) is 54.6 Å². The van der Waals surface area contributed by atoms with Crippen LogP contribution in [0.4, 0.5) is 13.6 Å². The molecule has 24 heavy (non-hydrogen) atoms. The van der Waals surface area contributed by atoms with E-state index in [-0.39, 0.29) is 23.5 Å². The van der Waals surface area contributed by atoms with Crippen molar-refractivity contribution in [3.05, 3.63) is 71.8 Å². The highest BCUT2D eigenvalue weighted by Crippen LogP contribution is 2.34. The van der Waals surface area contributed by atoms with Crippen LogP contribution in [0.1, 0.15) is 5.56 Å². The van der Waals surface area contributed by atoms with Gasteiger partial charge in [-0.2, -0.15) is 0 Å². The molecule has 0 bridgehead atoms. The molecule has 0 saturated carbocycles. The van der Waals surface area contributed by atoms with Gasteiger partial charge in [-0.3, -0.25) is 0 Å². The van der Waals surface area contributed by atoms with Gasteiger partial charge in [-0.1, -0.05) is 36.4 Å². The maximum Gasteiger partial charge on any atom is 0.409 e. The molecule has 3 aromatic rings. The molecule has 122 valence electrons. The van der Waals surface area contributed by atoms with Crippen molar-refractivity contribution >= 4 is 16.9 Å². The van der Waals surface area contributed by atoms with Crippen LogP contribution >= 0.6 is 0 Å². The maximum absolute atomic E-state index is 14.2. The average molecular weight is 329 g/mol. The first-order valence-corrected chi connectivity index (χ1v) is 7.10. The molecule has 2 N–H and O–H groups in total. The summed E-state index contributed by atoms with van der Waals surface area (Å²) in [7, 11) is 0. The van der Waals surface area contributed by atoms with Crippen molar-refractivity contribution in [1.82, 2.24) is 0 Å². The van der Waals surface area contributed by atoms with E-state index in [1.165, 1.54) is 18.2 Å². The second-order valence-corrected chi connectivity index (χ2v) is 5.08. The highest BCUT2D eigenvalue weighted by Gasteiger charge is 2.15. The van der Waals surface area contributed by atoms with Crippen LogP contribution in [0.3, 0.4) is 0 Å². The summed E-state index contributed by atoms with van der Waals surface area (Å²) in [5, 5.41) is 0.304. The van der Waals surface area contributed by atoms with Gasteiger partial charge in [0.1, 0.15) is 18.1 Å². The summed E-state index contributed by atoms with van der Waals surface area (Å²) in [6.07, 6.45) is -1.01. The number of amides is 1. The number of benzene rings is 3. The zero-order valence-electron chi connectivity index (χ0n) is 12.5. The summed E-state index contributed by atoms with van der Waals surface area (Å²) in [6.45, 7) is 0.145. The Kier molecular flexibility index (Phi) is 4.29. The lowest BCUT2D eigenvalue weighted by Crippen LogP contribution is -2.16. The Morgan fingerprint density at radius 1 is 1.04 bits per heavy atom. The quantitative estimate of drug-likeness (QED) is 0.782. The Morgan fingerprint density at radius 2 is 1.79 bits per heavy atom. The summed E-state index contributed by atoms with van der Waals surface area (Å²) in [5.41, 5.74) is 5.85. The summed E-state index contributed by atoms with van der Waals surface area (Å²) in [5.74, 6) is -1.87. The van der Waals surface area contributed by atoms with Crippen molar-refractivity contribution in [3.8, 4) is 11.5 Å². The summed E-state index contributed by atoms with van der Waals surface area (Å²) < 4.78 is 38.2. The first kappa shape index (κ1) is 15.7. The third-order valence-electron chi connectivity index (χ3n) is 3.40. The van der Waals surface area contributed by atoms with Crippen molar-refractivity contribution in [2.24, 2.45) is 5.73 Å². The van der Waals surface area contributed by atoms with Gasteiger partial charge in [-0.05, 0) is 23.1 Å². The lowest BCUT2D eigenvalue weighted by Gasteiger charge is -2.12. The van der Waals surface area contributed by atoms with Crippen LogP contribution in [-0.2, 0) is 6.61 Å². The second kappa shape index (κ2) is 6.54. The van der Waals surface area contributed by atoms with E-state index in [0.717, 1.165) is 11.6 Å². The number of primary amides is 1. The Labute approximate surface area is 136 Å². The molecule has 0 radical (unpaired) electrons. The standard InChI is InChI=1S/C18H13F2NO3/c19-14-7-6-12-8-13(24-18(21)22)9-15(16(12)17(14)20)23-10-11-4-2-1-3-5-11/h1-9H,10H2,(H2,21,22). The van der Waals surface area contributed by atoms with E-state index in [2.05, 4.69) is 0 Å². The number of nitrogens with two attached hydrogens (primary N) is 1. The number of hydrogen-bond donors (Lipinski definition) is 1. The second-order valence-electron chi connectivity index (χ2n) is 5.08. The van der Waals surface area contributed by atoms with Crippen LogP contribution < -0.4 is 15.2 Å². The van der Waals surface area contributed by atoms with E-state index in [4.69, 9.17) is 15.2 Å². The molecule has 0 unspecified atom stereocenters. The fourth-order valence-corrected chi connectivity index (χ4v) is 2.36. The number of fused-ring (bicyclic) bond motifs is 1. The van der Waals surface area contributed by atoms with Gasteiger partial charge < -0.3 is 15.2 Å². The van der Waals surface area contributed by atoms with Crippen LogP contribution in [0.25, 0.3) is 10.8 Å². The summed E-state index contributed by atoms with van der Waals surface area (Å²) in [6, 6.07) is 14.3. The molecular formula is C18H13F2NO3. The SMILES string of the molecule is NC(=O)Oc1cc(OCc2ccccc2)c2c(F)c(F)ccc2c1. The van der Waals surface area contributed by atoms with Crippen LogP contribution in [0.2, 0.25) is 0 Å². The maximum atomic E-state index is 14.2. The van der Waals surface area contributed by atoms with Gasteiger partial charge in [-0.15, -0.1) is 0 Å². The van der Waals surface area contributed by atoms with Crippen molar-refractivity contribution in [3.63, 3.8) is 0 Å². The zero-order chi connectivity index (χ0) is 17.1. The van der Waals surface area contributed by atoms with Crippen molar-refractivity contribution in [1.29, 1.82) is 0 Å². The number of hydrogen-bond acceptors (Lipinski definition) is 3. The van der Waals surface area contributed by atoms with E-state index in [0.29, 0.717) is 5.39 Å². The summed E-state index contributed by atoms with van der Waals surface area (Å²) >= 11 is 0. The fourth-order valence-electron chi connectivity index (χ4n) is 2.36. The van der Waals surface area contributed by atoms with Crippen molar-refractivity contribution in [2.75, 3.05) is 0 Å². The van der Waals surface area contributed by atoms with Gasteiger partial charge in [0, 0.05) is 6.07 Å². The summed E-state index contributed by atoms with van der Waals surface area (Å²) in [4.78, 5) is 10.9. The number of carbonyl (C=O) groups is 1. The van der Waals surface area contributed by atoms with E-state index in [1.54, 1.807) is 0 Å².